The van der Waals surface area contributed by atoms with Crippen molar-refractivity contribution < 1.29 is 0 Å². The molecule has 2 heterocycles. The fraction of sp³-hybridized carbons (Fsp3) is 0.429. The van der Waals surface area contributed by atoms with Gasteiger partial charge in [-0.25, -0.2) is 4.98 Å². The first-order valence-electron chi connectivity index (χ1n) is 9.71. The van der Waals surface area contributed by atoms with E-state index in [0.717, 1.165) is 55.9 Å². The Hall–Kier alpha value is -2.31. The lowest BCUT2D eigenvalue weighted by Gasteiger charge is -2.33. The molecule has 1 aliphatic heterocycles. The lowest BCUT2D eigenvalue weighted by Crippen LogP contribution is -2.44. The van der Waals surface area contributed by atoms with Crippen molar-refractivity contribution in [1.82, 2.24) is 20.5 Å². The quantitative estimate of drug-likeness (QED) is 0.576. The van der Waals surface area contributed by atoms with Crippen LogP contribution in [0.4, 0.5) is 5.82 Å². The van der Waals surface area contributed by atoms with Gasteiger partial charge in [0.05, 0.1) is 0 Å². The molecular weight excluding hydrogens is 372 g/mol. The van der Waals surface area contributed by atoms with Gasteiger partial charge in [0.1, 0.15) is 5.82 Å². The molecule has 0 unspecified atom stereocenters. The Bertz CT molecular complexity index is 769. The molecular formula is C21H29ClN6. The van der Waals surface area contributed by atoms with Gasteiger partial charge in [0.2, 0.25) is 0 Å². The minimum Gasteiger partial charge on any atom is -0.356 e. The van der Waals surface area contributed by atoms with E-state index in [1.165, 1.54) is 11.1 Å². The number of hydrogen-bond acceptors (Lipinski definition) is 4. The molecule has 2 aromatic rings. The standard InChI is InChI=1S/C21H29ClN6/c1-23-21(25-10-7-17-3-5-19(22)6-4-17)26-16-18-8-9-24-20(15-18)28-13-11-27(2)12-14-28/h3-6,8-9,15H,7,10-14,16H2,1-2H3,(H2,23,25,26). The van der Waals surface area contributed by atoms with Gasteiger partial charge in [-0.05, 0) is 48.9 Å². The molecule has 1 aromatic carbocycles. The average molecular weight is 401 g/mol. The zero-order valence-corrected chi connectivity index (χ0v) is 17.4. The number of piperazine rings is 1. The Balaban J connectivity index is 1.46. The number of benzene rings is 1. The number of hydrogen-bond donors (Lipinski definition) is 2. The first-order valence-corrected chi connectivity index (χ1v) is 10.1. The van der Waals surface area contributed by atoms with Gasteiger partial charge in [-0.1, -0.05) is 23.7 Å². The van der Waals surface area contributed by atoms with Crippen molar-refractivity contribution >= 4 is 23.4 Å². The summed E-state index contributed by atoms with van der Waals surface area (Å²) in [4.78, 5) is 13.6. The van der Waals surface area contributed by atoms with E-state index in [1.54, 1.807) is 7.05 Å². The summed E-state index contributed by atoms with van der Waals surface area (Å²) >= 11 is 5.93. The van der Waals surface area contributed by atoms with Crippen molar-refractivity contribution in [2.45, 2.75) is 13.0 Å². The molecule has 0 radical (unpaired) electrons. The van der Waals surface area contributed by atoms with Crippen LogP contribution >= 0.6 is 11.6 Å². The third kappa shape index (κ3) is 6.11. The number of likely N-dealkylation sites (N-methyl/N-ethyl adjacent to an activating group) is 1. The molecule has 6 nitrogen and oxygen atoms in total. The lowest BCUT2D eigenvalue weighted by atomic mass is 10.1. The molecule has 0 amide bonds. The van der Waals surface area contributed by atoms with Crippen LogP contribution in [-0.4, -0.2) is 62.7 Å². The van der Waals surface area contributed by atoms with Crippen LogP contribution in [0.5, 0.6) is 0 Å². The molecule has 1 aliphatic rings. The Morgan fingerprint density at radius 1 is 1.07 bits per heavy atom. The van der Waals surface area contributed by atoms with Crippen LogP contribution in [0.25, 0.3) is 0 Å². The van der Waals surface area contributed by atoms with E-state index >= 15 is 0 Å². The molecule has 0 spiro atoms. The SMILES string of the molecule is CN=C(NCCc1ccc(Cl)cc1)NCc1ccnc(N2CCN(C)CC2)c1. The summed E-state index contributed by atoms with van der Waals surface area (Å²) in [5.74, 6) is 1.85. The summed E-state index contributed by atoms with van der Waals surface area (Å²) < 4.78 is 0. The lowest BCUT2D eigenvalue weighted by molar-refractivity contribution is 0.312. The summed E-state index contributed by atoms with van der Waals surface area (Å²) in [6.45, 7) is 5.72. The molecule has 1 saturated heterocycles. The summed E-state index contributed by atoms with van der Waals surface area (Å²) in [6, 6.07) is 12.2. The minimum atomic E-state index is 0.712. The van der Waals surface area contributed by atoms with E-state index in [0.29, 0.717) is 6.54 Å². The van der Waals surface area contributed by atoms with Gasteiger partial charge in [-0.15, -0.1) is 0 Å². The van der Waals surface area contributed by atoms with Crippen LogP contribution in [0.1, 0.15) is 11.1 Å². The largest absolute Gasteiger partial charge is 0.356 e. The maximum absolute atomic E-state index is 5.93. The van der Waals surface area contributed by atoms with Crippen LogP contribution in [0.2, 0.25) is 5.02 Å². The van der Waals surface area contributed by atoms with Gasteiger partial charge in [0, 0.05) is 57.5 Å². The van der Waals surface area contributed by atoms with Crippen LogP contribution in [0, 0.1) is 0 Å². The summed E-state index contributed by atoms with van der Waals surface area (Å²) in [5.41, 5.74) is 2.45. The Labute approximate surface area is 172 Å². The van der Waals surface area contributed by atoms with Gasteiger partial charge < -0.3 is 20.4 Å². The number of pyridine rings is 1. The normalized spacial score (nSPS) is 15.5. The maximum Gasteiger partial charge on any atom is 0.191 e. The average Bonchev–Trinajstić information content (AvgIpc) is 2.72. The van der Waals surface area contributed by atoms with Gasteiger partial charge in [0.25, 0.3) is 0 Å². The summed E-state index contributed by atoms with van der Waals surface area (Å²) in [5, 5.41) is 7.51. The summed E-state index contributed by atoms with van der Waals surface area (Å²) in [7, 11) is 3.95. The number of nitrogens with zero attached hydrogens (tertiary/aromatic N) is 4. The number of aliphatic imine (C=N–C) groups is 1. The van der Waals surface area contributed by atoms with E-state index < -0.39 is 0 Å². The number of anilines is 1. The van der Waals surface area contributed by atoms with Gasteiger partial charge in [-0.2, -0.15) is 0 Å². The first kappa shape index (κ1) is 20.4. The van der Waals surface area contributed by atoms with Crippen molar-refractivity contribution in [3.05, 3.63) is 58.7 Å². The highest BCUT2D eigenvalue weighted by atomic mass is 35.5. The van der Waals surface area contributed by atoms with Crippen molar-refractivity contribution in [1.29, 1.82) is 0 Å². The number of aromatic nitrogens is 1. The molecule has 1 aromatic heterocycles. The van der Waals surface area contributed by atoms with Gasteiger partial charge >= 0.3 is 0 Å². The van der Waals surface area contributed by atoms with Crippen LogP contribution in [0.15, 0.2) is 47.6 Å². The van der Waals surface area contributed by atoms with Crippen LogP contribution in [0.3, 0.4) is 0 Å². The maximum atomic E-state index is 5.93. The molecule has 0 atom stereocenters. The number of rotatable bonds is 6. The van der Waals surface area contributed by atoms with Crippen LogP contribution in [-0.2, 0) is 13.0 Å². The van der Waals surface area contributed by atoms with Crippen molar-refractivity contribution in [2.24, 2.45) is 4.99 Å². The second-order valence-corrected chi connectivity index (χ2v) is 7.48. The zero-order chi connectivity index (χ0) is 19.8. The molecule has 28 heavy (non-hydrogen) atoms. The molecule has 0 bridgehead atoms. The highest BCUT2D eigenvalue weighted by Gasteiger charge is 2.15. The van der Waals surface area contributed by atoms with Gasteiger partial charge in [0.15, 0.2) is 5.96 Å². The number of halogens is 1. The number of guanidine groups is 1. The molecule has 7 heteroatoms. The third-order valence-corrected chi connectivity index (χ3v) is 5.19. The predicted molar refractivity (Wildman–Crippen MR) is 117 cm³/mol. The monoisotopic (exact) mass is 400 g/mol. The number of nitrogens with one attached hydrogen (secondary N) is 2. The molecule has 0 aliphatic carbocycles. The third-order valence-electron chi connectivity index (χ3n) is 4.94. The van der Waals surface area contributed by atoms with Crippen molar-refractivity contribution in [3.63, 3.8) is 0 Å². The molecule has 0 saturated carbocycles. The van der Waals surface area contributed by atoms with E-state index in [-0.39, 0.29) is 0 Å². The van der Waals surface area contributed by atoms with Crippen molar-refractivity contribution in [3.8, 4) is 0 Å². The smallest absolute Gasteiger partial charge is 0.191 e. The van der Waals surface area contributed by atoms with Gasteiger partial charge in [-0.3, -0.25) is 4.99 Å². The molecule has 3 rings (SSSR count). The fourth-order valence-corrected chi connectivity index (χ4v) is 3.29. The van der Waals surface area contributed by atoms with E-state index in [9.17, 15) is 0 Å². The Morgan fingerprint density at radius 3 is 2.54 bits per heavy atom. The second kappa shape index (κ2) is 10.3. The van der Waals surface area contributed by atoms with Crippen LogP contribution < -0.4 is 15.5 Å². The van der Waals surface area contributed by atoms with E-state index in [2.05, 4.69) is 55.7 Å². The van der Waals surface area contributed by atoms with Crippen molar-refractivity contribution in [2.75, 3.05) is 51.7 Å². The Morgan fingerprint density at radius 2 is 1.82 bits per heavy atom. The summed E-state index contributed by atoms with van der Waals surface area (Å²) in [6.07, 6.45) is 2.81. The fourth-order valence-electron chi connectivity index (χ4n) is 3.16. The molecule has 1 fully saturated rings. The highest BCUT2D eigenvalue weighted by molar-refractivity contribution is 6.30. The topological polar surface area (TPSA) is 55.8 Å². The predicted octanol–water partition coefficient (Wildman–Crippen LogP) is 2.39. The Kier molecular flexibility index (Phi) is 7.51. The highest BCUT2D eigenvalue weighted by Crippen LogP contribution is 2.14. The molecule has 150 valence electrons. The van der Waals surface area contributed by atoms with E-state index in [1.807, 2.05) is 24.4 Å². The molecule has 2 N–H and O–H groups in total. The zero-order valence-electron chi connectivity index (χ0n) is 16.7. The van der Waals surface area contributed by atoms with E-state index in [4.69, 9.17) is 11.6 Å². The first-order chi connectivity index (χ1) is 13.6. The second-order valence-electron chi connectivity index (χ2n) is 7.04. The minimum absolute atomic E-state index is 0.712.